The molecular weight excluding hydrogens is 1000 g/mol. The minimum atomic E-state index is -5.48. The molecule has 1 fully saturated rings. The highest BCUT2D eigenvalue weighted by atomic mass is 31.3. The molecule has 1 saturated heterocycles. The molecule has 0 amide bonds. The SMILES string of the molecule is CCCCC/C=C\C[C@@H](O)/C=C/C=C/C=C\[C@@H](O)CCCC(=O)OC[C@H](COP(=O)(O)OP(=O)(O)OC[C@H]1O[C@@H](n2ccc(N)nc2=O)[C@H](O)[C@@H]1O)OC(=O)CCCCCCCCCCCCCCCCC(C)C. The minimum absolute atomic E-state index is 0.00130. The number of phosphoric ester groups is 2. The summed E-state index contributed by atoms with van der Waals surface area (Å²) >= 11 is 0. The van der Waals surface area contributed by atoms with Crippen molar-refractivity contribution in [3.63, 3.8) is 0 Å². The van der Waals surface area contributed by atoms with Gasteiger partial charge in [-0.2, -0.15) is 9.29 Å². The van der Waals surface area contributed by atoms with Crippen LogP contribution in [0.15, 0.2) is 65.7 Å². The van der Waals surface area contributed by atoms with Gasteiger partial charge in [0.05, 0.1) is 25.4 Å². The molecule has 74 heavy (non-hydrogen) atoms. The molecule has 1 aromatic heterocycles. The highest BCUT2D eigenvalue weighted by Gasteiger charge is 2.46. The van der Waals surface area contributed by atoms with Crippen LogP contribution in [0.4, 0.5) is 5.82 Å². The monoisotopic (exact) mass is 1090 g/mol. The summed E-state index contributed by atoms with van der Waals surface area (Å²) in [6, 6.07) is 1.23. The zero-order chi connectivity index (χ0) is 54.6. The van der Waals surface area contributed by atoms with Crippen LogP contribution in [-0.2, 0) is 46.3 Å². The molecule has 2 unspecified atom stereocenters. The summed E-state index contributed by atoms with van der Waals surface area (Å²) in [7, 11) is -10.9. The number of nitrogens with zero attached hydrogens (tertiary/aromatic N) is 2. The van der Waals surface area contributed by atoms with Crippen molar-refractivity contribution in [3.8, 4) is 0 Å². The number of aliphatic hydroxyl groups excluding tert-OH is 4. The standard InChI is InChI=1S/C52H89N3O17P2/c1-4-5-6-7-19-24-30-42(56)31-25-21-22-26-32-43(57)33-28-35-47(58)67-38-44(70-48(59)34-27-20-17-15-13-11-9-8-10-12-14-16-18-23-29-41(2)3)39-68-73(63,64)72-74(65,66)69-40-45-49(60)50(61)51(71-45)55-37-36-46(53)54-52(55)62/h19,21-22,24-26,31-32,36-37,41-45,49-51,56-57,60-61H,4-18,20,23,27-30,33-35,38-40H2,1-3H3,(H,63,64)(H,65,66)(H2,53,54,62)/b22-21+,24-19-,31-25+,32-26-/t42-,43-,44-,45-,49-,50-,51-/m1/s1. The Morgan fingerprint density at radius 2 is 1.32 bits per heavy atom. The Kier molecular flexibility index (Phi) is 35.2. The topological polar surface area (TPSA) is 306 Å². The highest BCUT2D eigenvalue weighted by Crippen LogP contribution is 2.60. The Labute approximate surface area is 438 Å². The number of aliphatic hydroxyl groups is 4. The lowest BCUT2D eigenvalue weighted by Crippen LogP contribution is -2.36. The highest BCUT2D eigenvalue weighted by molar-refractivity contribution is 7.61. The lowest BCUT2D eigenvalue weighted by atomic mass is 10.0. The molecule has 8 N–H and O–H groups in total. The van der Waals surface area contributed by atoms with Gasteiger partial charge in [-0.25, -0.2) is 13.9 Å². The number of rotatable bonds is 43. The van der Waals surface area contributed by atoms with E-state index in [2.05, 4.69) is 36.1 Å². The molecule has 0 bridgehead atoms. The van der Waals surface area contributed by atoms with Crippen molar-refractivity contribution < 1.29 is 76.5 Å². The van der Waals surface area contributed by atoms with E-state index in [4.69, 9.17) is 29.0 Å². The van der Waals surface area contributed by atoms with E-state index >= 15 is 0 Å². The van der Waals surface area contributed by atoms with Crippen LogP contribution in [0, 0.1) is 5.92 Å². The van der Waals surface area contributed by atoms with E-state index in [1.807, 2.05) is 6.08 Å². The van der Waals surface area contributed by atoms with Crippen LogP contribution in [0.3, 0.4) is 0 Å². The summed E-state index contributed by atoms with van der Waals surface area (Å²) in [6.45, 7) is 4.18. The number of unbranched alkanes of at least 4 members (excludes halogenated alkanes) is 16. The Morgan fingerprint density at radius 1 is 0.743 bits per heavy atom. The lowest BCUT2D eigenvalue weighted by molar-refractivity contribution is -0.161. The van der Waals surface area contributed by atoms with Gasteiger partial charge in [0.1, 0.15) is 30.7 Å². The van der Waals surface area contributed by atoms with E-state index < -0.39 is 95.9 Å². The Bertz CT molecular complexity index is 1980. The summed E-state index contributed by atoms with van der Waals surface area (Å²) in [4.78, 5) is 62.0. The number of ether oxygens (including phenoxy) is 3. The maximum Gasteiger partial charge on any atom is 0.481 e. The van der Waals surface area contributed by atoms with Crippen molar-refractivity contribution in [2.75, 3.05) is 25.6 Å². The van der Waals surface area contributed by atoms with Gasteiger partial charge in [0.25, 0.3) is 0 Å². The van der Waals surface area contributed by atoms with Gasteiger partial charge in [0.15, 0.2) is 12.3 Å². The Balaban J connectivity index is 1.85. The van der Waals surface area contributed by atoms with Crippen LogP contribution in [0.2, 0.25) is 0 Å². The molecule has 2 heterocycles. The van der Waals surface area contributed by atoms with Crippen molar-refractivity contribution in [2.45, 2.75) is 218 Å². The third-order valence-electron chi connectivity index (χ3n) is 12.0. The third kappa shape index (κ3) is 32.3. The van der Waals surface area contributed by atoms with E-state index in [-0.39, 0.29) is 31.5 Å². The van der Waals surface area contributed by atoms with Crippen LogP contribution >= 0.6 is 15.6 Å². The molecule has 20 nitrogen and oxygen atoms in total. The van der Waals surface area contributed by atoms with Gasteiger partial charge >= 0.3 is 33.3 Å². The van der Waals surface area contributed by atoms with Gasteiger partial charge in [0, 0.05) is 19.0 Å². The first-order valence-electron chi connectivity index (χ1n) is 26.7. The lowest BCUT2D eigenvalue weighted by Gasteiger charge is -2.21. The molecule has 1 aromatic rings. The normalized spacial score (nSPS) is 20.2. The fourth-order valence-corrected chi connectivity index (χ4v) is 9.92. The number of carbonyl (C=O) groups excluding carboxylic acids is 2. The summed E-state index contributed by atoms with van der Waals surface area (Å²) in [5, 5.41) is 41.4. The fraction of sp³-hybridized carbons (Fsp3) is 0.731. The summed E-state index contributed by atoms with van der Waals surface area (Å²) in [6.07, 6.45) is 28.1. The second-order valence-electron chi connectivity index (χ2n) is 19.3. The fourth-order valence-electron chi connectivity index (χ4n) is 7.81. The molecule has 0 aliphatic carbocycles. The summed E-state index contributed by atoms with van der Waals surface area (Å²) < 4.78 is 56.7. The summed E-state index contributed by atoms with van der Waals surface area (Å²) in [5.74, 6) is -0.766. The van der Waals surface area contributed by atoms with Gasteiger partial charge in [0.2, 0.25) is 0 Å². The van der Waals surface area contributed by atoms with Crippen LogP contribution in [-0.4, -0.2) is 108 Å². The second kappa shape index (κ2) is 39.1. The molecular formula is C52H89N3O17P2. The molecule has 424 valence electrons. The van der Waals surface area contributed by atoms with Crippen LogP contribution < -0.4 is 11.4 Å². The first kappa shape index (κ1) is 66.8. The largest absolute Gasteiger partial charge is 0.481 e. The maximum atomic E-state index is 12.9. The van der Waals surface area contributed by atoms with Gasteiger partial charge in [-0.05, 0) is 50.5 Å². The van der Waals surface area contributed by atoms with Crippen molar-refractivity contribution in [1.82, 2.24) is 9.55 Å². The molecule has 1 aliphatic rings. The van der Waals surface area contributed by atoms with E-state index in [1.54, 1.807) is 36.5 Å². The maximum absolute atomic E-state index is 12.9. The Hall–Kier alpha value is -3.36. The van der Waals surface area contributed by atoms with Crippen LogP contribution in [0.1, 0.15) is 181 Å². The number of nitrogen functional groups attached to an aromatic ring is 1. The minimum Gasteiger partial charge on any atom is -0.462 e. The number of nitrogens with two attached hydrogens (primary N) is 1. The number of carbonyl (C=O) groups is 2. The van der Waals surface area contributed by atoms with E-state index in [0.29, 0.717) is 12.8 Å². The number of phosphoric acid groups is 2. The summed E-state index contributed by atoms with van der Waals surface area (Å²) in [5.41, 5.74) is 4.57. The van der Waals surface area contributed by atoms with E-state index in [0.717, 1.165) is 61.6 Å². The van der Waals surface area contributed by atoms with Crippen molar-refractivity contribution in [3.05, 3.63) is 71.4 Å². The first-order chi connectivity index (χ1) is 35.3. The van der Waals surface area contributed by atoms with E-state index in [1.165, 1.54) is 76.7 Å². The van der Waals surface area contributed by atoms with Crippen molar-refractivity contribution in [2.24, 2.45) is 5.92 Å². The van der Waals surface area contributed by atoms with Gasteiger partial charge in [-0.1, -0.05) is 172 Å². The second-order valence-corrected chi connectivity index (χ2v) is 22.3. The number of hydrogen-bond acceptors (Lipinski definition) is 17. The van der Waals surface area contributed by atoms with Crippen molar-refractivity contribution in [1.29, 1.82) is 0 Å². The van der Waals surface area contributed by atoms with E-state index in [9.17, 15) is 53.7 Å². The Morgan fingerprint density at radius 3 is 1.93 bits per heavy atom. The molecule has 22 heteroatoms. The molecule has 1 aliphatic heterocycles. The van der Waals surface area contributed by atoms with Gasteiger partial charge < -0.3 is 50.2 Å². The van der Waals surface area contributed by atoms with Crippen molar-refractivity contribution >= 4 is 33.4 Å². The van der Waals surface area contributed by atoms with Gasteiger partial charge in [-0.3, -0.25) is 23.2 Å². The molecule has 9 atom stereocenters. The molecule has 0 radical (unpaired) electrons. The van der Waals surface area contributed by atoms with Crippen LogP contribution in [0.25, 0.3) is 0 Å². The van der Waals surface area contributed by atoms with Gasteiger partial charge in [-0.15, -0.1) is 0 Å². The number of aromatic nitrogens is 2. The smallest absolute Gasteiger partial charge is 0.462 e. The molecule has 0 spiro atoms. The average molecular weight is 1090 g/mol. The predicted octanol–water partition coefficient (Wildman–Crippen LogP) is 9.14. The quantitative estimate of drug-likeness (QED) is 0.0105. The number of hydrogen-bond donors (Lipinski definition) is 7. The predicted molar refractivity (Wildman–Crippen MR) is 282 cm³/mol. The molecule has 2 rings (SSSR count). The number of anilines is 1. The zero-order valence-electron chi connectivity index (χ0n) is 44.0. The first-order valence-corrected chi connectivity index (χ1v) is 29.7. The van der Waals surface area contributed by atoms with Crippen LogP contribution in [0.5, 0.6) is 0 Å². The zero-order valence-corrected chi connectivity index (χ0v) is 45.8. The molecule has 0 saturated carbocycles. The number of esters is 2. The average Bonchev–Trinajstić information content (AvgIpc) is 3.62. The third-order valence-corrected chi connectivity index (χ3v) is 14.6. The molecule has 0 aromatic carbocycles. The number of allylic oxidation sites excluding steroid dienone is 5.